The summed E-state index contributed by atoms with van der Waals surface area (Å²) in [7, 11) is 0. The van der Waals surface area contributed by atoms with Crippen LogP contribution in [0.5, 0.6) is 0 Å². The Bertz CT molecular complexity index is 1140. The van der Waals surface area contributed by atoms with E-state index in [9.17, 15) is 19.2 Å². The molecule has 2 aromatic carbocycles. The summed E-state index contributed by atoms with van der Waals surface area (Å²) in [5.41, 5.74) is 2.17. The van der Waals surface area contributed by atoms with Crippen LogP contribution in [0.15, 0.2) is 55.1 Å². The van der Waals surface area contributed by atoms with Crippen LogP contribution < -0.4 is 10.2 Å². The third kappa shape index (κ3) is 4.71. The molecule has 0 bridgehead atoms. The minimum Gasteiger partial charge on any atom is -0.449 e. The SMILES string of the molecule is C=CCN1C(=O)c2ccc(C(=O)O[C@H](C)C(=O)Nc3ccc(N4CCCCC4)cc3)cc2C1=O. The van der Waals surface area contributed by atoms with Crippen molar-refractivity contribution in [2.45, 2.75) is 32.3 Å². The van der Waals surface area contributed by atoms with Crippen molar-refractivity contribution in [3.63, 3.8) is 0 Å². The van der Waals surface area contributed by atoms with Crippen LogP contribution >= 0.6 is 0 Å². The summed E-state index contributed by atoms with van der Waals surface area (Å²) in [6, 6.07) is 11.7. The number of rotatable bonds is 7. The van der Waals surface area contributed by atoms with Crippen LogP contribution in [-0.2, 0) is 9.53 Å². The average Bonchev–Trinajstić information content (AvgIpc) is 3.09. The van der Waals surface area contributed by atoms with Gasteiger partial charge in [0.25, 0.3) is 17.7 Å². The van der Waals surface area contributed by atoms with Gasteiger partial charge in [-0.05, 0) is 68.7 Å². The van der Waals surface area contributed by atoms with Gasteiger partial charge in [-0.15, -0.1) is 6.58 Å². The zero-order chi connectivity index (χ0) is 24.2. The van der Waals surface area contributed by atoms with Crippen LogP contribution in [0, 0.1) is 0 Å². The molecule has 34 heavy (non-hydrogen) atoms. The molecule has 0 spiro atoms. The Morgan fingerprint density at radius 2 is 1.71 bits per heavy atom. The minimum atomic E-state index is -1.06. The highest BCUT2D eigenvalue weighted by Gasteiger charge is 2.35. The molecule has 3 amide bonds. The molecular formula is C26H27N3O5. The second-order valence-electron chi connectivity index (χ2n) is 8.40. The van der Waals surface area contributed by atoms with Gasteiger partial charge >= 0.3 is 5.97 Å². The Balaban J connectivity index is 1.36. The average molecular weight is 462 g/mol. The molecule has 1 atom stereocenters. The third-order valence-electron chi connectivity index (χ3n) is 6.03. The smallest absolute Gasteiger partial charge is 0.338 e. The first-order chi connectivity index (χ1) is 16.4. The largest absolute Gasteiger partial charge is 0.449 e. The van der Waals surface area contributed by atoms with Gasteiger partial charge in [0.1, 0.15) is 0 Å². The number of nitrogens with one attached hydrogen (secondary N) is 1. The van der Waals surface area contributed by atoms with E-state index in [1.54, 1.807) is 0 Å². The standard InChI is InChI=1S/C26H27N3O5/c1-3-13-29-24(31)21-12-7-18(16-22(21)25(29)32)26(33)34-17(2)23(30)27-19-8-10-20(11-9-19)28-14-5-4-6-15-28/h3,7-12,16-17H,1,4-6,13-15H2,2H3,(H,27,30)/t17-/m1/s1. The molecule has 2 aliphatic rings. The van der Waals surface area contributed by atoms with Crippen molar-refractivity contribution < 1.29 is 23.9 Å². The molecule has 0 unspecified atom stereocenters. The summed E-state index contributed by atoms with van der Waals surface area (Å²) >= 11 is 0. The number of benzene rings is 2. The fraction of sp³-hybridized carbons (Fsp3) is 0.308. The van der Waals surface area contributed by atoms with Crippen LogP contribution in [-0.4, -0.2) is 54.3 Å². The maximum atomic E-state index is 12.6. The Hall–Kier alpha value is -3.94. The molecule has 2 aliphatic heterocycles. The van der Waals surface area contributed by atoms with Crippen molar-refractivity contribution in [2.24, 2.45) is 0 Å². The Kier molecular flexibility index (Phi) is 6.77. The number of esters is 1. The molecular weight excluding hydrogens is 434 g/mol. The number of hydrogen-bond donors (Lipinski definition) is 1. The topological polar surface area (TPSA) is 96.0 Å². The monoisotopic (exact) mass is 461 g/mol. The summed E-state index contributed by atoms with van der Waals surface area (Å²) < 4.78 is 5.30. The second-order valence-corrected chi connectivity index (χ2v) is 8.40. The fourth-order valence-corrected chi connectivity index (χ4v) is 4.15. The highest BCUT2D eigenvalue weighted by Crippen LogP contribution is 2.25. The third-order valence-corrected chi connectivity index (χ3v) is 6.03. The highest BCUT2D eigenvalue weighted by atomic mass is 16.5. The lowest BCUT2D eigenvalue weighted by Gasteiger charge is -2.28. The van der Waals surface area contributed by atoms with E-state index in [2.05, 4.69) is 16.8 Å². The normalized spacial score (nSPS) is 16.1. The van der Waals surface area contributed by atoms with Gasteiger partial charge in [-0.3, -0.25) is 19.3 Å². The number of ether oxygens (including phenoxy) is 1. The van der Waals surface area contributed by atoms with Gasteiger partial charge in [-0.1, -0.05) is 6.08 Å². The predicted octanol–water partition coefficient (Wildman–Crippen LogP) is 3.64. The maximum absolute atomic E-state index is 12.6. The first kappa shape index (κ1) is 23.2. The molecule has 2 aromatic rings. The zero-order valence-electron chi connectivity index (χ0n) is 19.1. The molecule has 176 valence electrons. The van der Waals surface area contributed by atoms with Crippen LogP contribution in [0.3, 0.4) is 0 Å². The van der Waals surface area contributed by atoms with E-state index < -0.39 is 29.8 Å². The number of carbonyl (C=O) groups excluding carboxylic acids is 4. The van der Waals surface area contributed by atoms with Gasteiger partial charge in [-0.2, -0.15) is 0 Å². The predicted molar refractivity (Wildman–Crippen MR) is 128 cm³/mol. The highest BCUT2D eigenvalue weighted by molar-refractivity contribution is 6.22. The Morgan fingerprint density at radius 3 is 2.38 bits per heavy atom. The van der Waals surface area contributed by atoms with E-state index in [0.29, 0.717) is 5.69 Å². The second kappa shape index (κ2) is 9.91. The summed E-state index contributed by atoms with van der Waals surface area (Å²) in [5.74, 6) is -2.15. The minimum absolute atomic E-state index is 0.0857. The van der Waals surface area contributed by atoms with Gasteiger partial charge in [0.15, 0.2) is 6.10 Å². The molecule has 2 heterocycles. The zero-order valence-corrected chi connectivity index (χ0v) is 19.1. The van der Waals surface area contributed by atoms with Gasteiger partial charge < -0.3 is 15.0 Å². The number of nitrogens with zero attached hydrogens (tertiary/aromatic N) is 2. The molecule has 8 nitrogen and oxygen atoms in total. The lowest BCUT2D eigenvalue weighted by molar-refractivity contribution is -0.123. The molecule has 0 radical (unpaired) electrons. The summed E-state index contributed by atoms with van der Waals surface area (Å²) in [6.07, 6.45) is 4.02. The van der Waals surface area contributed by atoms with Crippen LogP contribution in [0.1, 0.15) is 57.3 Å². The summed E-state index contributed by atoms with van der Waals surface area (Å²) in [5, 5.41) is 2.75. The van der Waals surface area contributed by atoms with E-state index in [-0.39, 0.29) is 23.2 Å². The molecule has 1 N–H and O–H groups in total. The van der Waals surface area contributed by atoms with Gasteiger partial charge in [0.2, 0.25) is 0 Å². The van der Waals surface area contributed by atoms with E-state index in [1.165, 1.54) is 50.5 Å². The lowest BCUT2D eigenvalue weighted by atomic mass is 10.1. The van der Waals surface area contributed by atoms with Crippen molar-refractivity contribution in [1.82, 2.24) is 4.90 Å². The molecule has 4 rings (SSSR count). The molecule has 8 heteroatoms. The van der Waals surface area contributed by atoms with Crippen molar-refractivity contribution in [2.75, 3.05) is 29.9 Å². The molecule has 0 aromatic heterocycles. The van der Waals surface area contributed by atoms with Crippen LogP contribution in [0.25, 0.3) is 0 Å². The van der Waals surface area contributed by atoms with E-state index in [4.69, 9.17) is 4.74 Å². The molecule has 1 fully saturated rings. The first-order valence-electron chi connectivity index (χ1n) is 11.4. The molecule has 0 aliphatic carbocycles. The summed E-state index contributed by atoms with van der Waals surface area (Å²) in [4.78, 5) is 53.3. The Labute approximate surface area is 198 Å². The lowest BCUT2D eigenvalue weighted by Crippen LogP contribution is -2.30. The number of piperidine rings is 1. The Morgan fingerprint density at radius 1 is 1.03 bits per heavy atom. The van der Waals surface area contributed by atoms with Crippen molar-refractivity contribution in [3.05, 3.63) is 71.8 Å². The number of amides is 3. The van der Waals surface area contributed by atoms with Gasteiger partial charge in [-0.25, -0.2) is 4.79 Å². The quantitative estimate of drug-likeness (QED) is 0.384. The summed E-state index contributed by atoms with van der Waals surface area (Å²) in [6.45, 7) is 7.18. The van der Waals surface area contributed by atoms with Crippen LogP contribution in [0.4, 0.5) is 11.4 Å². The van der Waals surface area contributed by atoms with Crippen molar-refractivity contribution >= 4 is 35.1 Å². The van der Waals surface area contributed by atoms with Gasteiger partial charge in [0, 0.05) is 31.0 Å². The van der Waals surface area contributed by atoms with Gasteiger partial charge in [0.05, 0.1) is 16.7 Å². The number of anilines is 2. The van der Waals surface area contributed by atoms with E-state index >= 15 is 0 Å². The van der Waals surface area contributed by atoms with E-state index in [0.717, 1.165) is 23.7 Å². The van der Waals surface area contributed by atoms with Crippen molar-refractivity contribution in [3.8, 4) is 0 Å². The molecule has 1 saturated heterocycles. The van der Waals surface area contributed by atoms with Crippen LogP contribution in [0.2, 0.25) is 0 Å². The fourth-order valence-electron chi connectivity index (χ4n) is 4.15. The van der Waals surface area contributed by atoms with Crippen molar-refractivity contribution in [1.29, 1.82) is 0 Å². The number of hydrogen-bond acceptors (Lipinski definition) is 6. The number of carbonyl (C=O) groups is 4. The number of imide groups is 1. The maximum Gasteiger partial charge on any atom is 0.338 e. The number of fused-ring (bicyclic) bond motifs is 1. The van der Waals surface area contributed by atoms with E-state index in [1.807, 2.05) is 24.3 Å². The first-order valence-corrected chi connectivity index (χ1v) is 11.4. The molecule has 0 saturated carbocycles.